The molecular weight excluding hydrogens is 282 g/mol. The van der Waals surface area contributed by atoms with Crippen LogP contribution in [-0.2, 0) is 0 Å². The van der Waals surface area contributed by atoms with Gasteiger partial charge in [0.1, 0.15) is 0 Å². The van der Waals surface area contributed by atoms with Crippen molar-refractivity contribution in [2.24, 2.45) is 0 Å². The van der Waals surface area contributed by atoms with Gasteiger partial charge in [0.15, 0.2) is 0 Å². The van der Waals surface area contributed by atoms with Crippen molar-refractivity contribution in [3.63, 3.8) is 0 Å². The van der Waals surface area contributed by atoms with Gasteiger partial charge in [-0.05, 0) is 41.3 Å². The Bertz CT molecular complexity index is 754. The number of rotatable bonds is 6. The fourth-order valence-electron chi connectivity index (χ4n) is 3.13. The molecule has 0 unspecified atom stereocenters. The smallest absolute Gasteiger partial charge is 0.0796 e. The van der Waals surface area contributed by atoms with Gasteiger partial charge >= 0.3 is 0 Å². The number of aliphatic hydroxyl groups is 1. The topological polar surface area (TPSA) is 32.3 Å². The van der Waals surface area contributed by atoms with E-state index < -0.39 is 6.10 Å². The van der Waals surface area contributed by atoms with Gasteiger partial charge in [-0.25, -0.2) is 0 Å². The average molecular weight is 305 g/mol. The van der Waals surface area contributed by atoms with E-state index in [1.54, 1.807) is 0 Å². The van der Waals surface area contributed by atoms with E-state index in [0.29, 0.717) is 6.42 Å². The Labute approximate surface area is 137 Å². The van der Waals surface area contributed by atoms with Crippen molar-refractivity contribution in [1.29, 1.82) is 0 Å². The molecule has 118 valence electrons. The molecule has 0 saturated carbocycles. The van der Waals surface area contributed by atoms with Crippen molar-refractivity contribution in [3.8, 4) is 0 Å². The average Bonchev–Trinajstić information content (AvgIpc) is 2.61. The van der Waals surface area contributed by atoms with Crippen molar-refractivity contribution < 1.29 is 5.11 Å². The Balaban J connectivity index is 1.85. The highest BCUT2D eigenvalue weighted by Crippen LogP contribution is 2.29. The van der Waals surface area contributed by atoms with Crippen LogP contribution in [0, 0.1) is 0 Å². The monoisotopic (exact) mass is 305 g/mol. The zero-order valence-electron chi connectivity index (χ0n) is 13.4. The molecule has 2 N–H and O–H groups in total. The third kappa shape index (κ3) is 3.79. The van der Waals surface area contributed by atoms with E-state index in [1.165, 1.54) is 16.3 Å². The molecule has 0 radical (unpaired) electrons. The number of hydrogen-bond donors (Lipinski definition) is 2. The molecule has 0 aliphatic carbocycles. The molecule has 0 aliphatic rings. The molecule has 0 heterocycles. The largest absolute Gasteiger partial charge is 0.388 e. The third-order valence-corrected chi connectivity index (χ3v) is 4.39. The van der Waals surface area contributed by atoms with Crippen molar-refractivity contribution in [3.05, 3.63) is 83.9 Å². The second-order valence-electron chi connectivity index (χ2n) is 6.02. The minimum absolute atomic E-state index is 0.278. The Morgan fingerprint density at radius 2 is 1.52 bits per heavy atom. The first-order valence-corrected chi connectivity index (χ1v) is 8.14. The molecule has 0 saturated heterocycles. The number of nitrogens with one attached hydrogen (secondary N) is 1. The van der Waals surface area contributed by atoms with Gasteiger partial charge in [0.25, 0.3) is 0 Å². The summed E-state index contributed by atoms with van der Waals surface area (Å²) in [5, 5.41) is 16.3. The van der Waals surface area contributed by atoms with Crippen LogP contribution in [0.3, 0.4) is 0 Å². The van der Waals surface area contributed by atoms with Crippen molar-refractivity contribution in [1.82, 2.24) is 5.32 Å². The molecule has 2 atom stereocenters. The molecular formula is C21H23NO. The number of hydrogen-bond acceptors (Lipinski definition) is 2. The minimum Gasteiger partial charge on any atom is -0.388 e. The second kappa shape index (κ2) is 7.40. The molecule has 0 bridgehead atoms. The molecule has 3 aromatic carbocycles. The van der Waals surface area contributed by atoms with Crippen LogP contribution in [0.4, 0.5) is 0 Å². The third-order valence-electron chi connectivity index (χ3n) is 4.39. The number of benzene rings is 3. The van der Waals surface area contributed by atoms with Gasteiger partial charge in [-0.3, -0.25) is 0 Å². The molecule has 0 spiro atoms. The highest BCUT2D eigenvalue weighted by Gasteiger charge is 2.17. The summed E-state index contributed by atoms with van der Waals surface area (Å²) in [6.07, 6.45) is 0.268. The van der Waals surface area contributed by atoms with Crippen molar-refractivity contribution >= 4 is 10.8 Å². The van der Waals surface area contributed by atoms with Crippen LogP contribution in [0.1, 0.15) is 29.6 Å². The summed E-state index contributed by atoms with van der Waals surface area (Å²) >= 11 is 0. The Kier molecular flexibility index (Phi) is 5.06. The molecule has 0 aromatic heterocycles. The predicted octanol–water partition coefficient (Wildman–Crippen LogP) is 4.27. The van der Waals surface area contributed by atoms with Gasteiger partial charge in [0, 0.05) is 6.54 Å². The molecule has 0 aliphatic heterocycles. The highest BCUT2D eigenvalue weighted by atomic mass is 16.3. The van der Waals surface area contributed by atoms with Crippen LogP contribution in [0.15, 0.2) is 72.8 Å². The molecule has 2 heteroatoms. The minimum atomic E-state index is -0.443. The Hall–Kier alpha value is -2.16. The zero-order valence-corrected chi connectivity index (χ0v) is 13.4. The van der Waals surface area contributed by atoms with Crippen molar-refractivity contribution in [2.75, 3.05) is 13.6 Å². The second-order valence-corrected chi connectivity index (χ2v) is 6.02. The lowest BCUT2D eigenvalue weighted by molar-refractivity contribution is 0.157. The van der Waals surface area contributed by atoms with E-state index in [9.17, 15) is 5.11 Å². The lowest BCUT2D eigenvalue weighted by atomic mass is 9.89. The molecule has 3 aromatic rings. The summed E-state index contributed by atoms with van der Waals surface area (Å²) in [7, 11) is 1.96. The summed E-state index contributed by atoms with van der Waals surface area (Å²) < 4.78 is 0. The lowest BCUT2D eigenvalue weighted by Gasteiger charge is -2.21. The van der Waals surface area contributed by atoms with Gasteiger partial charge in [-0.15, -0.1) is 0 Å². The fraction of sp³-hybridized carbons (Fsp3) is 0.238. The normalized spacial score (nSPS) is 13.8. The SMILES string of the molecule is CNC[C@@H](C[C@H](O)c1ccccc1)c1ccc2ccccc2c1. The predicted molar refractivity (Wildman–Crippen MR) is 96.6 cm³/mol. The van der Waals surface area contributed by atoms with Gasteiger partial charge in [-0.1, -0.05) is 72.8 Å². The van der Waals surface area contributed by atoms with E-state index in [2.05, 4.69) is 47.8 Å². The van der Waals surface area contributed by atoms with Crippen LogP contribution in [0.2, 0.25) is 0 Å². The molecule has 0 amide bonds. The maximum atomic E-state index is 10.6. The van der Waals surface area contributed by atoms with Crippen molar-refractivity contribution in [2.45, 2.75) is 18.4 Å². The van der Waals surface area contributed by atoms with Crippen LogP contribution in [0.25, 0.3) is 10.8 Å². The van der Waals surface area contributed by atoms with E-state index in [1.807, 2.05) is 37.4 Å². The molecule has 0 fully saturated rings. The number of likely N-dealkylation sites (N-methyl/N-ethyl adjacent to an activating group) is 1. The lowest BCUT2D eigenvalue weighted by Crippen LogP contribution is -2.19. The Morgan fingerprint density at radius 1 is 0.826 bits per heavy atom. The van der Waals surface area contributed by atoms with Crippen LogP contribution < -0.4 is 5.32 Å². The van der Waals surface area contributed by atoms with Crippen LogP contribution >= 0.6 is 0 Å². The van der Waals surface area contributed by atoms with Crippen LogP contribution in [-0.4, -0.2) is 18.7 Å². The zero-order chi connectivity index (χ0) is 16.1. The van der Waals surface area contributed by atoms with E-state index in [4.69, 9.17) is 0 Å². The Morgan fingerprint density at radius 3 is 2.26 bits per heavy atom. The van der Waals surface area contributed by atoms with Gasteiger partial charge in [-0.2, -0.15) is 0 Å². The van der Waals surface area contributed by atoms with E-state index >= 15 is 0 Å². The van der Waals surface area contributed by atoms with E-state index in [-0.39, 0.29) is 5.92 Å². The fourth-order valence-corrected chi connectivity index (χ4v) is 3.13. The van der Waals surface area contributed by atoms with Crippen LogP contribution in [0.5, 0.6) is 0 Å². The summed E-state index contributed by atoms with van der Waals surface area (Å²) in [6.45, 7) is 0.849. The van der Waals surface area contributed by atoms with Gasteiger partial charge in [0.2, 0.25) is 0 Å². The summed E-state index contributed by atoms with van der Waals surface area (Å²) in [6, 6.07) is 24.9. The molecule has 23 heavy (non-hydrogen) atoms. The molecule has 3 rings (SSSR count). The summed E-state index contributed by atoms with van der Waals surface area (Å²) in [4.78, 5) is 0. The standard InChI is InChI=1S/C21H23NO/c1-22-15-20(14-21(23)17-8-3-2-4-9-17)19-12-11-16-7-5-6-10-18(16)13-19/h2-13,20-23H,14-15H2,1H3/t20-,21+/m1/s1. The summed E-state index contributed by atoms with van der Waals surface area (Å²) in [5.74, 6) is 0.278. The maximum Gasteiger partial charge on any atom is 0.0796 e. The molecule has 2 nitrogen and oxygen atoms in total. The maximum absolute atomic E-state index is 10.6. The number of fused-ring (bicyclic) bond motifs is 1. The van der Waals surface area contributed by atoms with Gasteiger partial charge < -0.3 is 10.4 Å². The first-order valence-electron chi connectivity index (χ1n) is 8.14. The highest BCUT2D eigenvalue weighted by molar-refractivity contribution is 5.83. The first kappa shape index (κ1) is 15.7. The quantitative estimate of drug-likeness (QED) is 0.713. The summed E-state index contributed by atoms with van der Waals surface area (Å²) in [5.41, 5.74) is 2.25. The first-order chi connectivity index (χ1) is 11.3. The number of aliphatic hydroxyl groups excluding tert-OH is 1. The van der Waals surface area contributed by atoms with E-state index in [0.717, 1.165) is 12.1 Å². The van der Waals surface area contributed by atoms with Gasteiger partial charge in [0.05, 0.1) is 6.10 Å².